The Morgan fingerprint density at radius 3 is 1.91 bits per heavy atom. The number of rotatable bonds is 6. The van der Waals surface area contributed by atoms with Gasteiger partial charge in [0.05, 0.1) is 22.1 Å². The molecule has 3 heterocycles. The van der Waals surface area contributed by atoms with Gasteiger partial charge in [-0.2, -0.15) is 0 Å². The SMILES string of the molecule is c1ccc(-c2ccc(N(c3ccc4oc5ccc6nc(-c7ccccc7)oc6c5c4c3)c3cccc4c5ccccc5n(-c5ccccc5)c34)cc2)cc1. The van der Waals surface area contributed by atoms with Gasteiger partial charge in [0.1, 0.15) is 16.7 Å². The number of nitrogens with zero attached hydrogens (tertiary/aromatic N) is 3. The second kappa shape index (κ2) is 12.1. The normalized spacial score (nSPS) is 11.7. The van der Waals surface area contributed by atoms with Crippen LogP contribution in [0.2, 0.25) is 0 Å². The molecule has 0 radical (unpaired) electrons. The highest BCUT2D eigenvalue weighted by atomic mass is 16.4. The van der Waals surface area contributed by atoms with Crippen LogP contribution in [0.4, 0.5) is 17.1 Å². The first-order chi connectivity index (χ1) is 26.8. The molecule has 0 atom stereocenters. The molecule has 3 aromatic heterocycles. The van der Waals surface area contributed by atoms with Gasteiger partial charge in [-0.1, -0.05) is 109 Å². The highest BCUT2D eigenvalue weighted by Gasteiger charge is 2.23. The Kier molecular flexibility index (Phi) is 6.79. The molecule has 5 heteroatoms. The Labute approximate surface area is 310 Å². The molecule has 0 aliphatic carbocycles. The summed E-state index contributed by atoms with van der Waals surface area (Å²) in [6.07, 6.45) is 0. The third kappa shape index (κ3) is 4.76. The summed E-state index contributed by atoms with van der Waals surface area (Å²) in [5.41, 5.74) is 12.8. The van der Waals surface area contributed by atoms with Crippen LogP contribution < -0.4 is 4.90 Å². The van der Waals surface area contributed by atoms with E-state index in [2.05, 4.69) is 155 Å². The van der Waals surface area contributed by atoms with Gasteiger partial charge in [-0.15, -0.1) is 0 Å². The summed E-state index contributed by atoms with van der Waals surface area (Å²) >= 11 is 0. The number of fused-ring (bicyclic) bond motifs is 8. The van der Waals surface area contributed by atoms with Crippen molar-refractivity contribution >= 4 is 71.9 Å². The van der Waals surface area contributed by atoms with E-state index in [1.165, 1.54) is 16.3 Å². The smallest absolute Gasteiger partial charge is 0.227 e. The van der Waals surface area contributed by atoms with Crippen LogP contribution in [0.5, 0.6) is 0 Å². The van der Waals surface area contributed by atoms with E-state index in [-0.39, 0.29) is 0 Å². The van der Waals surface area contributed by atoms with E-state index in [0.29, 0.717) is 11.5 Å². The Bertz CT molecular complexity index is 3140. The van der Waals surface area contributed by atoms with E-state index < -0.39 is 0 Å². The van der Waals surface area contributed by atoms with Gasteiger partial charge in [-0.05, 0) is 90.0 Å². The van der Waals surface area contributed by atoms with Crippen LogP contribution in [0.3, 0.4) is 0 Å². The maximum absolute atomic E-state index is 6.53. The number of hydrogen-bond acceptors (Lipinski definition) is 4. The summed E-state index contributed by atoms with van der Waals surface area (Å²) in [6.45, 7) is 0. The molecule has 254 valence electrons. The molecule has 0 bridgehead atoms. The lowest BCUT2D eigenvalue weighted by Gasteiger charge is -2.27. The average molecular weight is 694 g/mol. The van der Waals surface area contributed by atoms with Crippen molar-refractivity contribution in [1.29, 1.82) is 0 Å². The van der Waals surface area contributed by atoms with E-state index in [4.69, 9.17) is 13.8 Å². The van der Waals surface area contributed by atoms with Gasteiger partial charge in [0.25, 0.3) is 0 Å². The van der Waals surface area contributed by atoms with Crippen molar-refractivity contribution in [3.63, 3.8) is 0 Å². The summed E-state index contributed by atoms with van der Waals surface area (Å²) in [4.78, 5) is 7.24. The highest BCUT2D eigenvalue weighted by Crippen LogP contribution is 2.46. The molecule has 0 saturated heterocycles. The first-order valence-electron chi connectivity index (χ1n) is 18.1. The van der Waals surface area contributed by atoms with Crippen molar-refractivity contribution in [1.82, 2.24) is 9.55 Å². The molecule has 0 fully saturated rings. The lowest BCUT2D eigenvalue weighted by atomic mass is 10.0. The molecule has 0 aliphatic heterocycles. The van der Waals surface area contributed by atoms with Crippen LogP contribution in [0.15, 0.2) is 197 Å². The Morgan fingerprint density at radius 1 is 0.463 bits per heavy atom. The van der Waals surface area contributed by atoms with E-state index in [9.17, 15) is 0 Å². The highest BCUT2D eigenvalue weighted by molar-refractivity contribution is 6.18. The standard InChI is InChI=1S/C49H31N3O2/c1-4-13-32(14-5-1)33-23-25-36(26-24-33)51(43-22-12-20-39-38-19-10-11-21-42(38)52(47(39)43)35-17-8-3-9-18-35)37-27-29-44-40(31-37)46-45(53-44)30-28-41-48(46)54-49(50-41)34-15-6-2-7-16-34/h1-31H. The fourth-order valence-electron chi connectivity index (χ4n) is 7.97. The minimum atomic E-state index is 0.587. The van der Waals surface area contributed by atoms with E-state index in [0.717, 1.165) is 72.4 Å². The monoisotopic (exact) mass is 693 g/mol. The number of hydrogen-bond donors (Lipinski definition) is 0. The molecular weight excluding hydrogens is 663 g/mol. The zero-order chi connectivity index (χ0) is 35.6. The maximum atomic E-state index is 6.53. The Morgan fingerprint density at radius 2 is 1.11 bits per heavy atom. The molecular formula is C49H31N3O2. The molecule has 11 rings (SSSR count). The van der Waals surface area contributed by atoms with Gasteiger partial charge in [-0.3, -0.25) is 0 Å². The molecule has 0 saturated carbocycles. The molecule has 11 aromatic rings. The van der Waals surface area contributed by atoms with Gasteiger partial charge in [-0.25, -0.2) is 4.98 Å². The van der Waals surface area contributed by atoms with Crippen molar-refractivity contribution in [3.05, 3.63) is 188 Å². The molecule has 0 unspecified atom stereocenters. The largest absolute Gasteiger partial charge is 0.456 e. The van der Waals surface area contributed by atoms with Crippen LogP contribution in [0.25, 0.3) is 83.1 Å². The minimum absolute atomic E-state index is 0.587. The van der Waals surface area contributed by atoms with Crippen molar-refractivity contribution in [2.75, 3.05) is 4.90 Å². The van der Waals surface area contributed by atoms with Gasteiger partial charge < -0.3 is 18.3 Å². The summed E-state index contributed by atoms with van der Waals surface area (Å²) in [7, 11) is 0. The number of oxazole rings is 1. The molecule has 0 amide bonds. The quantitative estimate of drug-likeness (QED) is 0.174. The third-order valence-electron chi connectivity index (χ3n) is 10.4. The van der Waals surface area contributed by atoms with Gasteiger partial charge in [0, 0.05) is 38.8 Å². The second-order valence-corrected chi connectivity index (χ2v) is 13.6. The summed E-state index contributed by atoms with van der Waals surface area (Å²) in [5.74, 6) is 0.587. The van der Waals surface area contributed by atoms with Crippen LogP contribution >= 0.6 is 0 Å². The third-order valence-corrected chi connectivity index (χ3v) is 10.4. The maximum Gasteiger partial charge on any atom is 0.227 e. The fraction of sp³-hybridized carbons (Fsp3) is 0. The molecule has 5 nitrogen and oxygen atoms in total. The lowest BCUT2D eigenvalue weighted by Crippen LogP contribution is -2.11. The van der Waals surface area contributed by atoms with Crippen molar-refractivity contribution in [3.8, 4) is 28.3 Å². The zero-order valence-corrected chi connectivity index (χ0v) is 29.1. The number of para-hydroxylation sites is 3. The summed E-state index contributed by atoms with van der Waals surface area (Å²) in [5, 5.41) is 4.26. The topological polar surface area (TPSA) is 47.3 Å². The van der Waals surface area contributed by atoms with Crippen LogP contribution in [0.1, 0.15) is 0 Å². The molecule has 54 heavy (non-hydrogen) atoms. The van der Waals surface area contributed by atoms with Gasteiger partial charge >= 0.3 is 0 Å². The first kappa shape index (κ1) is 30.3. The van der Waals surface area contributed by atoms with E-state index in [1.807, 2.05) is 42.5 Å². The lowest BCUT2D eigenvalue weighted by molar-refractivity contribution is 0.622. The molecule has 8 aromatic carbocycles. The minimum Gasteiger partial charge on any atom is -0.456 e. The van der Waals surface area contributed by atoms with Gasteiger partial charge in [0.2, 0.25) is 5.89 Å². The van der Waals surface area contributed by atoms with Crippen LogP contribution in [-0.2, 0) is 0 Å². The first-order valence-corrected chi connectivity index (χ1v) is 18.1. The number of anilines is 3. The Balaban J connectivity index is 1.18. The van der Waals surface area contributed by atoms with E-state index >= 15 is 0 Å². The summed E-state index contributed by atoms with van der Waals surface area (Å²) in [6, 6.07) is 65.7. The molecule has 0 N–H and O–H groups in total. The fourth-order valence-corrected chi connectivity index (χ4v) is 7.97. The predicted octanol–water partition coefficient (Wildman–Crippen LogP) is 13.6. The number of aromatic nitrogens is 2. The van der Waals surface area contributed by atoms with Crippen LogP contribution in [-0.4, -0.2) is 9.55 Å². The predicted molar refractivity (Wildman–Crippen MR) is 221 cm³/mol. The molecule has 0 aliphatic rings. The zero-order valence-electron chi connectivity index (χ0n) is 29.1. The van der Waals surface area contributed by atoms with E-state index in [1.54, 1.807) is 0 Å². The van der Waals surface area contributed by atoms with Crippen LogP contribution in [0, 0.1) is 0 Å². The van der Waals surface area contributed by atoms with Crippen molar-refractivity contribution < 1.29 is 8.83 Å². The molecule has 0 spiro atoms. The van der Waals surface area contributed by atoms with Crippen molar-refractivity contribution in [2.24, 2.45) is 0 Å². The summed E-state index contributed by atoms with van der Waals surface area (Å²) < 4.78 is 15.4. The van der Waals surface area contributed by atoms with Gasteiger partial charge in [0.15, 0.2) is 5.58 Å². The Hall–Kier alpha value is -7.37. The van der Waals surface area contributed by atoms with Crippen molar-refractivity contribution in [2.45, 2.75) is 0 Å². The number of benzene rings is 8. The number of furan rings is 1. The second-order valence-electron chi connectivity index (χ2n) is 13.6. The average Bonchev–Trinajstić information content (AvgIpc) is 3.94.